The van der Waals surface area contributed by atoms with Gasteiger partial charge in [-0.25, -0.2) is 4.39 Å². The first-order valence-electron chi connectivity index (χ1n) is 7.97. The average molecular weight is 321 g/mol. The van der Waals surface area contributed by atoms with Gasteiger partial charge < -0.3 is 15.5 Å². The number of amides is 2. The summed E-state index contributed by atoms with van der Waals surface area (Å²) in [6.07, 6.45) is 1.11. The molecular weight excluding hydrogens is 297 g/mol. The van der Waals surface area contributed by atoms with Gasteiger partial charge in [-0.3, -0.25) is 9.59 Å². The highest BCUT2D eigenvalue weighted by atomic mass is 19.1. The van der Waals surface area contributed by atoms with Crippen LogP contribution in [0.25, 0.3) is 0 Å². The van der Waals surface area contributed by atoms with Gasteiger partial charge in [0.15, 0.2) is 0 Å². The Balaban J connectivity index is 1.89. The molecule has 1 aliphatic heterocycles. The van der Waals surface area contributed by atoms with E-state index in [2.05, 4.69) is 0 Å². The molecule has 23 heavy (non-hydrogen) atoms. The SMILES string of the molecule is Cc1ccc(C(=O)N2CCN(C(=O)CCC(C)N)CC2)cc1F. The molecule has 1 heterocycles. The summed E-state index contributed by atoms with van der Waals surface area (Å²) < 4.78 is 13.6. The average Bonchev–Trinajstić information content (AvgIpc) is 2.54. The van der Waals surface area contributed by atoms with E-state index >= 15 is 0 Å². The zero-order valence-electron chi connectivity index (χ0n) is 13.7. The summed E-state index contributed by atoms with van der Waals surface area (Å²) in [6, 6.07) is 4.54. The van der Waals surface area contributed by atoms with Gasteiger partial charge in [-0.05, 0) is 38.0 Å². The Bertz CT molecular complexity index is 581. The van der Waals surface area contributed by atoms with E-state index in [1.54, 1.807) is 28.9 Å². The fourth-order valence-corrected chi connectivity index (χ4v) is 2.58. The van der Waals surface area contributed by atoms with E-state index < -0.39 is 0 Å². The number of carbonyl (C=O) groups is 2. The van der Waals surface area contributed by atoms with Crippen molar-refractivity contribution < 1.29 is 14.0 Å². The maximum absolute atomic E-state index is 13.6. The highest BCUT2D eigenvalue weighted by Gasteiger charge is 2.25. The zero-order chi connectivity index (χ0) is 17.0. The van der Waals surface area contributed by atoms with Crippen LogP contribution in [0.1, 0.15) is 35.7 Å². The maximum atomic E-state index is 13.6. The second-order valence-corrected chi connectivity index (χ2v) is 6.15. The highest BCUT2D eigenvalue weighted by Crippen LogP contribution is 2.14. The van der Waals surface area contributed by atoms with E-state index in [-0.39, 0.29) is 23.7 Å². The molecular formula is C17H24FN3O2. The number of carbonyl (C=O) groups excluding carboxylic acids is 2. The largest absolute Gasteiger partial charge is 0.339 e. The van der Waals surface area contributed by atoms with Crippen LogP contribution in [0.3, 0.4) is 0 Å². The Morgan fingerprint density at radius 1 is 1.22 bits per heavy atom. The lowest BCUT2D eigenvalue weighted by atomic mass is 10.1. The minimum absolute atomic E-state index is 0.0123. The third-order valence-electron chi connectivity index (χ3n) is 4.15. The molecule has 0 aromatic heterocycles. The monoisotopic (exact) mass is 321 g/mol. The first kappa shape index (κ1) is 17.4. The molecule has 0 aliphatic carbocycles. The predicted octanol–water partition coefficient (Wildman–Crippen LogP) is 1.55. The van der Waals surface area contributed by atoms with Crippen molar-refractivity contribution in [3.8, 4) is 0 Å². The molecule has 126 valence electrons. The van der Waals surface area contributed by atoms with Crippen molar-refractivity contribution >= 4 is 11.8 Å². The lowest BCUT2D eigenvalue weighted by Crippen LogP contribution is -2.50. The Hall–Kier alpha value is -1.95. The first-order valence-corrected chi connectivity index (χ1v) is 7.97. The number of halogens is 1. The fraction of sp³-hybridized carbons (Fsp3) is 0.529. The van der Waals surface area contributed by atoms with Crippen molar-refractivity contribution in [1.29, 1.82) is 0 Å². The molecule has 1 unspecified atom stereocenters. The van der Waals surface area contributed by atoms with Crippen LogP contribution in [-0.4, -0.2) is 53.8 Å². The van der Waals surface area contributed by atoms with E-state index in [9.17, 15) is 14.0 Å². The summed E-state index contributed by atoms with van der Waals surface area (Å²) in [4.78, 5) is 27.9. The summed E-state index contributed by atoms with van der Waals surface area (Å²) in [5.74, 6) is -0.483. The van der Waals surface area contributed by atoms with E-state index in [1.165, 1.54) is 6.07 Å². The molecule has 2 amide bonds. The highest BCUT2D eigenvalue weighted by molar-refractivity contribution is 5.94. The topological polar surface area (TPSA) is 66.6 Å². The lowest BCUT2D eigenvalue weighted by molar-refractivity contribution is -0.132. The van der Waals surface area contributed by atoms with Gasteiger partial charge in [0.1, 0.15) is 5.82 Å². The van der Waals surface area contributed by atoms with Gasteiger partial charge in [-0.1, -0.05) is 6.07 Å². The normalized spacial score (nSPS) is 16.3. The molecule has 1 aromatic carbocycles. The molecule has 6 heteroatoms. The number of aryl methyl sites for hydroxylation is 1. The predicted molar refractivity (Wildman–Crippen MR) is 86.5 cm³/mol. The molecule has 1 aromatic rings. The summed E-state index contributed by atoms with van der Waals surface area (Å²) >= 11 is 0. The summed E-state index contributed by atoms with van der Waals surface area (Å²) in [6.45, 7) is 5.51. The molecule has 1 fully saturated rings. The smallest absolute Gasteiger partial charge is 0.254 e. The van der Waals surface area contributed by atoms with E-state index in [0.717, 1.165) is 0 Å². The van der Waals surface area contributed by atoms with Gasteiger partial charge in [0.2, 0.25) is 5.91 Å². The summed E-state index contributed by atoms with van der Waals surface area (Å²) in [5.41, 5.74) is 6.54. The Labute approximate surface area is 136 Å². The third kappa shape index (κ3) is 4.51. The number of hydrogen-bond acceptors (Lipinski definition) is 3. The van der Waals surface area contributed by atoms with Crippen LogP contribution in [-0.2, 0) is 4.79 Å². The molecule has 2 N–H and O–H groups in total. The number of nitrogens with two attached hydrogens (primary N) is 1. The fourth-order valence-electron chi connectivity index (χ4n) is 2.58. The number of piperazine rings is 1. The molecule has 2 rings (SSSR count). The van der Waals surface area contributed by atoms with Gasteiger partial charge >= 0.3 is 0 Å². The zero-order valence-corrected chi connectivity index (χ0v) is 13.7. The van der Waals surface area contributed by atoms with Crippen molar-refractivity contribution in [3.63, 3.8) is 0 Å². The van der Waals surface area contributed by atoms with E-state index in [0.29, 0.717) is 50.1 Å². The minimum Gasteiger partial charge on any atom is -0.339 e. The molecule has 1 aliphatic rings. The maximum Gasteiger partial charge on any atom is 0.254 e. The Morgan fingerprint density at radius 3 is 2.39 bits per heavy atom. The van der Waals surface area contributed by atoms with Crippen molar-refractivity contribution in [2.75, 3.05) is 26.2 Å². The molecule has 1 atom stereocenters. The molecule has 5 nitrogen and oxygen atoms in total. The van der Waals surface area contributed by atoms with Crippen LogP contribution >= 0.6 is 0 Å². The van der Waals surface area contributed by atoms with Gasteiger partial charge in [0.05, 0.1) is 0 Å². The number of nitrogens with zero attached hydrogens (tertiary/aromatic N) is 2. The molecule has 0 saturated carbocycles. The molecule has 1 saturated heterocycles. The minimum atomic E-state index is -0.374. The lowest BCUT2D eigenvalue weighted by Gasteiger charge is -2.35. The summed E-state index contributed by atoms with van der Waals surface area (Å²) in [5, 5.41) is 0. The van der Waals surface area contributed by atoms with Crippen molar-refractivity contribution in [2.45, 2.75) is 32.7 Å². The van der Waals surface area contributed by atoms with Crippen molar-refractivity contribution in [2.24, 2.45) is 5.73 Å². The second-order valence-electron chi connectivity index (χ2n) is 6.15. The van der Waals surface area contributed by atoms with Crippen LogP contribution in [0.4, 0.5) is 4.39 Å². The van der Waals surface area contributed by atoms with Crippen molar-refractivity contribution in [1.82, 2.24) is 9.80 Å². The van der Waals surface area contributed by atoms with Gasteiger partial charge in [-0.2, -0.15) is 0 Å². The molecule has 0 bridgehead atoms. The number of rotatable bonds is 4. The quantitative estimate of drug-likeness (QED) is 0.915. The van der Waals surface area contributed by atoms with Crippen LogP contribution in [0.15, 0.2) is 18.2 Å². The number of benzene rings is 1. The Morgan fingerprint density at radius 2 is 1.83 bits per heavy atom. The van der Waals surface area contributed by atoms with Crippen molar-refractivity contribution in [3.05, 3.63) is 35.1 Å². The van der Waals surface area contributed by atoms with Crippen LogP contribution in [0, 0.1) is 12.7 Å². The first-order chi connectivity index (χ1) is 10.9. The van der Waals surface area contributed by atoms with E-state index in [1.807, 2.05) is 6.92 Å². The number of hydrogen-bond donors (Lipinski definition) is 1. The van der Waals surface area contributed by atoms with Gasteiger partial charge in [0.25, 0.3) is 5.91 Å². The van der Waals surface area contributed by atoms with Gasteiger partial charge in [0, 0.05) is 44.2 Å². The summed E-state index contributed by atoms with van der Waals surface area (Å²) in [7, 11) is 0. The van der Waals surface area contributed by atoms with Crippen LogP contribution in [0.2, 0.25) is 0 Å². The third-order valence-corrected chi connectivity index (χ3v) is 4.15. The second kappa shape index (κ2) is 7.55. The van der Waals surface area contributed by atoms with Crippen LogP contribution in [0.5, 0.6) is 0 Å². The molecule has 0 spiro atoms. The van der Waals surface area contributed by atoms with E-state index in [4.69, 9.17) is 5.73 Å². The van der Waals surface area contributed by atoms with Gasteiger partial charge in [-0.15, -0.1) is 0 Å². The van der Waals surface area contributed by atoms with Crippen LogP contribution < -0.4 is 5.73 Å². The standard InChI is InChI=1S/C17H24FN3O2/c1-12-3-5-14(11-15(12)18)17(23)21-9-7-20(8-10-21)16(22)6-4-13(2)19/h3,5,11,13H,4,6-10,19H2,1-2H3. The Kier molecular flexibility index (Phi) is 5.71. The molecule has 0 radical (unpaired) electrons.